The van der Waals surface area contributed by atoms with E-state index < -0.39 is 0 Å². The predicted octanol–water partition coefficient (Wildman–Crippen LogP) is 9.61. The van der Waals surface area contributed by atoms with Gasteiger partial charge in [-0.2, -0.15) is 0 Å². The largest absolute Gasteiger partial charge is 0.0955 e. The molecule has 0 bridgehead atoms. The Hall–Kier alpha value is -0.520. The molecule has 9 unspecified atom stereocenters. The Morgan fingerprint density at radius 2 is 1.71 bits per heavy atom. The Morgan fingerprint density at radius 3 is 2.35 bits per heavy atom. The average molecular weight is 425 g/mol. The van der Waals surface area contributed by atoms with Gasteiger partial charge in [0, 0.05) is 0 Å². The van der Waals surface area contributed by atoms with Crippen LogP contribution in [0.25, 0.3) is 0 Å². The fourth-order valence-electron chi connectivity index (χ4n) is 10.4. The molecule has 0 aromatic heterocycles. The first-order chi connectivity index (χ1) is 14.5. The van der Waals surface area contributed by atoms with E-state index in [1.807, 2.05) is 5.57 Å². The minimum atomic E-state index is 0.301. The molecule has 4 aliphatic rings. The first kappa shape index (κ1) is 23.6. The minimum Gasteiger partial charge on any atom is -0.0955 e. The fourth-order valence-corrected chi connectivity index (χ4v) is 10.4. The molecule has 9 atom stereocenters. The molecule has 0 saturated heterocycles. The van der Waals surface area contributed by atoms with E-state index in [1.54, 1.807) is 0 Å². The van der Waals surface area contributed by atoms with E-state index in [0.717, 1.165) is 23.7 Å². The van der Waals surface area contributed by atoms with Crippen molar-refractivity contribution < 1.29 is 0 Å². The maximum Gasteiger partial charge on any atom is -0.00309 e. The Balaban J connectivity index is 1.84. The lowest BCUT2D eigenvalue weighted by atomic mass is 9.36. The van der Waals surface area contributed by atoms with Gasteiger partial charge in [-0.15, -0.1) is 0 Å². The van der Waals surface area contributed by atoms with Crippen LogP contribution in [-0.4, -0.2) is 0 Å². The molecule has 0 amide bonds. The molecule has 0 nitrogen and oxygen atoms in total. The summed E-state index contributed by atoms with van der Waals surface area (Å²) in [6, 6.07) is 0. The highest BCUT2D eigenvalue weighted by Crippen LogP contribution is 2.73. The molecule has 4 aliphatic carbocycles. The number of allylic oxidation sites excluding steroid dienone is 3. The molecule has 0 N–H and O–H groups in total. The smallest absolute Gasteiger partial charge is 0.00309 e. The Bertz CT molecular complexity index is 743. The van der Waals surface area contributed by atoms with Crippen LogP contribution in [0.2, 0.25) is 0 Å². The second kappa shape index (κ2) is 7.77. The van der Waals surface area contributed by atoms with Crippen molar-refractivity contribution in [1.82, 2.24) is 0 Å². The second-order valence-corrected chi connectivity index (χ2v) is 13.5. The van der Waals surface area contributed by atoms with E-state index >= 15 is 0 Å². The predicted molar refractivity (Wildman–Crippen MR) is 136 cm³/mol. The SMILES string of the molecule is C=C1C=C2C(CCC(C)(CC)C2(C)C(C)CCC)C2(C)CCC3C(C)CCCC3(C)C12. The Kier molecular flexibility index (Phi) is 5.92. The number of rotatable bonds is 4. The third kappa shape index (κ3) is 3.05. The molecule has 176 valence electrons. The van der Waals surface area contributed by atoms with Crippen LogP contribution in [0.1, 0.15) is 120 Å². The third-order valence-corrected chi connectivity index (χ3v) is 12.4. The van der Waals surface area contributed by atoms with Gasteiger partial charge in [-0.3, -0.25) is 0 Å². The molecular weight excluding hydrogens is 372 g/mol. The molecule has 0 spiro atoms. The minimum absolute atomic E-state index is 0.301. The van der Waals surface area contributed by atoms with E-state index in [4.69, 9.17) is 6.58 Å². The van der Waals surface area contributed by atoms with E-state index in [2.05, 4.69) is 61.5 Å². The van der Waals surface area contributed by atoms with Crippen molar-refractivity contribution in [3.05, 3.63) is 23.8 Å². The summed E-state index contributed by atoms with van der Waals surface area (Å²) in [7, 11) is 0. The van der Waals surface area contributed by atoms with Crippen molar-refractivity contribution in [3.8, 4) is 0 Å². The first-order valence-electron chi connectivity index (χ1n) is 13.9. The summed E-state index contributed by atoms with van der Waals surface area (Å²) in [4.78, 5) is 0. The van der Waals surface area contributed by atoms with Crippen molar-refractivity contribution in [3.63, 3.8) is 0 Å². The normalized spacial score (nSPS) is 50.7. The third-order valence-electron chi connectivity index (χ3n) is 12.4. The van der Waals surface area contributed by atoms with Gasteiger partial charge in [0.25, 0.3) is 0 Å². The van der Waals surface area contributed by atoms with Crippen LogP contribution in [0.4, 0.5) is 0 Å². The van der Waals surface area contributed by atoms with Gasteiger partial charge in [0.05, 0.1) is 0 Å². The van der Waals surface area contributed by atoms with Crippen molar-refractivity contribution in [2.75, 3.05) is 0 Å². The zero-order valence-electron chi connectivity index (χ0n) is 22.2. The lowest BCUT2D eigenvalue weighted by Gasteiger charge is -2.68. The summed E-state index contributed by atoms with van der Waals surface area (Å²) in [5, 5.41) is 0. The van der Waals surface area contributed by atoms with Gasteiger partial charge in [-0.05, 0) is 89.8 Å². The Morgan fingerprint density at radius 1 is 1.00 bits per heavy atom. The first-order valence-corrected chi connectivity index (χ1v) is 13.9. The van der Waals surface area contributed by atoms with Crippen molar-refractivity contribution in [2.24, 2.45) is 51.2 Å². The number of hydrogen-bond acceptors (Lipinski definition) is 0. The zero-order valence-corrected chi connectivity index (χ0v) is 22.2. The van der Waals surface area contributed by atoms with Crippen LogP contribution in [0.3, 0.4) is 0 Å². The molecule has 0 radical (unpaired) electrons. The summed E-state index contributed by atoms with van der Waals surface area (Å²) >= 11 is 0. The van der Waals surface area contributed by atoms with Crippen LogP contribution in [-0.2, 0) is 0 Å². The molecule has 0 aromatic carbocycles. The maximum atomic E-state index is 4.86. The maximum absolute atomic E-state index is 4.86. The van der Waals surface area contributed by atoms with E-state index in [-0.39, 0.29) is 0 Å². The van der Waals surface area contributed by atoms with Gasteiger partial charge in [0.1, 0.15) is 0 Å². The van der Waals surface area contributed by atoms with E-state index in [0.29, 0.717) is 27.6 Å². The second-order valence-electron chi connectivity index (χ2n) is 13.5. The van der Waals surface area contributed by atoms with Crippen molar-refractivity contribution in [2.45, 2.75) is 120 Å². The summed E-state index contributed by atoms with van der Waals surface area (Å²) in [5.41, 5.74) is 4.90. The standard InChI is InChI=1S/C31H52/c1-10-13-23(5)31(9)26-20-22(4)27-29(7)17-12-14-21(3)24(29)16-19-30(27,8)25(26)15-18-28(31,6)11-2/h20-21,23-25,27H,4,10-19H2,1-3,5-9H3. The van der Waals surface area contributed by atoms with Gasteiger partial charge < -0.3 is 0 Å². The van der Waals surface area contributed by atoms with Gasteiger partial charge in [0.2, 0.25) is 0 Å². The molecular formula is C31H52. The lowest BCUT2D eigenvalue weighted by molar-refractivity contribution is -0.125. The van der Waals surface area contributed by atoms with Crippen LogP contribution < -0.4 is 0 Å². The summed E-state index contributed by atoms with van der Waals surface area (Å²) in [6.45, 7) is 25.5. The van der Waals surface area contributed by atoms with Crippen LogP contribution in [0.15, 0.2) is 23.8 Å². The van der Waals surface area contributed by atoms with Gasteiger partial charge in [-0.1, -0.05) is 105 Å². The molecule has 0 heterocycles. The highest BCUT2D eigenvalue weighted by molar-refractivity contribution is 5.42. The monoisotopic (exact) mass is 424 g/mol. The highest BCUT2D eigenvalue weighted by atomic mass is 14.7. The summed E-state index contributed by atoms with van der Waals surface area (Å²) in [5.74, 6) is 3.99. The molecule has 0 aromatic rings. The highest BCUT2D eigenvalue weighted by Gasteiger charge is 2.64. The lowest BCUT2D eigenvalue weighted by Crippen LogP contribution is -2.60. The molecule has 4 rings (SSSR count). The van der Waals surface area contributed by atoms with Crippen LogP contribution in [0, 0.1) is 51.2 Å². The molecule has 31 heavy (non-hydrogen) atoms. The zero-order chi connectivity index (χ0) is 22.8. The van der Waals surface area contributed by atoms with Crippen molar-refractivity contribution >= 4 is 0 Å². The fraction of sp³-hybridized carbons (Fsp3) is 0.871. The summed E-state index contributed by atoms with van der Waals surface area (Å²) in [6.07, 6.45) is 16.6. The molecule has 0 heteroatoms. The van der Waals surface area contributed by atoms with Gasteiger partial charge >= 0.3 is 0 Å². The van der Waals surface area contributed by atoms with Gasteiger partial charge in [0.15, 0.2) is 0 Å². The quantitative estimate of drug-likeness (QED) is 0.421. The topological polar surface area (TPSA) is 0 Å². The van der Waals surface area contributed by atoms with Crippen molar-refractivity contribution in [1.29, 1.82) is 0 Å². The Labute approximate surface area is 194 Å². The number of fused-ring (bicyclic) bond motifs is 5. The van der Waals surface area contributed by atoms with Crippen LogP contribution in [0.5, 0.6) is 0 Å². The van der Waals surface area contributed by atoms with E-state index in [9.17, 15) is 0 Å². The van der Waals surface area contributed by atoms with Crippen LogP contribution >= 0.6 is 0 Å². The van der Waals surface area contributed by atoms with E-state index in [1.165, 1.54) is 69.8 Å². The molecule has 0 aliphatic heterocycles. The van der Waals surface area contributed by atoms with Gasteiger partial charge in [-0.25, -0.2) is 0 Å². The summed E-state index contributed by atoms with van der Waals surface area (Å²) < 4.78 is 0. The molecule has 3 saturated carbocycles. The molecule has 3 fully saturated rings. The number of hydrogen-bond donors (Lipinski definition) is 0. The average Bonchev–Trinajstić information content (AvgIpc) is 2.70.